The molecular formula is C26H36N4O2. The third-order valence-electron chi connectivity index (χ3n) is 5.72. The van der Waals surface area contributed by atoms with E-state index < -0.39 is 0 Å². The van der Waals surface area contributed by atoms with E-state index in [9.17, 15) is 4.79 Å². The minimum Gasteiger partial charge on any atom is -0.490 e. The number of nitrogens with zero attached hydrogens (tertiary/aromatic N) is 2. The molecule has 1 aliphatic carbocycles. The lowest BCUT2D eigenvalue weighted by Gasteiger charge is -2.23. The first-order chi connectivity index (χ1) is 15.5. The molecule has 2 N–H and O–H groups in total. The highest BCUT2D eigenvalue weighted by Crippen LogP contribution is 2.23. The zero-order valence-electron chi connectivity index (χ0n) is 19.6. The molecule has 3 rings (SSSR count). The van der Waals surface area contributed by atoms with Gasteiger partial charge < -0.3 is 20.3 Å². The van der Waals surface area contributed by atoms with Crippen LogP contribution in [0, 0.1) is 0 Å². The zero-order valence-corrected chi connectivity index (χ0v) is 19.6. The summed E-state index contributed by atoms with van der Waals surface area (Å²) in [6.45, 7) is 1.40. The van der Waals surface area contributed by atoms with Crippen LogP contribution in [0.3, 0.4) is 0 Å². The SMILES string of the molecule is CN=C(NCCc1cccc(C(=O)N(C)C)c1)NCc1cccc(OC2CCCCC2)c1. The van der Waals surface area contributed by atoms with E-state index in [1.54, 1.807) is 26.0 Å². The molecular weight excluding hydrogens is 400 g/mol. The molecule has 0 radical (unpaired) electrons. The van der Waals surface area contributed by atoms with E-state index in [4.69, 9.17) is 4.74 Å². The summed E-state index contributed by atoms with van der Waals surface area (Å²) in [4.78, 5) is 18.1. The Morgan fingerprint density at radius 3 is 2.53 bits per heavy atom. The summed E-state index contributed by atoms with van der Waals surface area (Å²) in [6.07, 6.45) is 7.34. The van der Waals surface area contributed by atoms with E-state index in [1.807, 2.05) is 36.4 Å². The van der Waals surface area contributed by atoms with Gasteiger partial charge in [-0.3, -0.25) is 9.79 Å². The molecule has 32 heavy (non-hydrogen) atoms. The van der Waals surface area contributed by atoms with Crippen LogP contribution >= 0.6 is 0 Å². The van der Waals surface area contributed by atoms with Crippen LogP contribution in [-0.2, 0) is 13.0 Å². The number of carbonyl (C=O) groups excluding carboxylic acids is 1. The second kappa shape index (κ2) is 12.1. The quantitative estimate of drug-likeness (QED) is 0.485. The van der Waals surface area contributed by atoms with E-state index in [0.717, 1.165) is 48.6 Å². The van der Waals surface area contributed by atoms with Gasteiger partial charge in [-0.2, -0.15) is 0 Å². The zero-order chi connectivity index (χ0) is 22.8. The molecule has 172 valence electrons. The second-order valence-electron chi connectivity index (χ2n) is 8.53. The Balaban J connectivity index is 1.46. The molecule has 1 aliphatic rings. The van der Waals surface area contributed by atoms with Gasteiger partial charge in [-0.05, 0) is 67.5 Å². The van der Waals surface area contributed by atoms with Gasteiger partial charge in [-0.15, -0.1) is 0 Å². The first-order valence-corrected chi connectivity index (χ1v) is 11.6. The topological polar surface area (TPSA) is 66.0 Å². The van der Waals surface area contributed by atoms with E-state index in [-0.39, 0.29) is 5.91 Å². The van der Waals surface area contributed by atoms with Gasteiger partial charge in [0, 0.05) is 39.8 Å². The van der Waals surface area contributed by atoms with Gasteiger partial charge in [-0.25, -0.2) is 0 Å². The molecule has 0 unspecified atom stereocenters. The van der Waals surface area contributed by atoms with Gasteiger partial charge in [0.15, 0.2) is 5.96 Å². The van der Waals surface area contributed by atoms with E-state index in [1.165, 1.54) is 19.3 Å². The lowest BCUT2D eigenvalue weighted by molar-refractivity contribution is 0.0827. The molecule has 1 fully saturated rings. The van der Waals surface area contributed by atoms with Crippen molar-refractivity contribution in [3.63, 3.8) is 0 Å². The number of benzene rings is 2. The maximum atomic E-state index is 12.2. The number of hydrogen-bond donors (Lipinski definition) is 2. The summed E-state index contributed by atoms with van der Waals surface area (Å²) in [5.74, 6) is 1.72. The van der Waals surface area contributed by atoms with Crippen molar-refractivity contribution in [1.29, 1.82) is 0 Å². The van der Waals surface area contributed by atoms with E-state index >= 15 is 0 Å². The van der Waals surface area contributed by atoms with E-state index in [2.05, 4.69) is 27.8 Å². The van der Waals surface area contributed by atoms with Crippen LogP contribution in [0.15, 0.2) is 53.5 Å². The Labute approximate surface area is 192 Å². The fourth-order valence-corrected chi connectivity index (χ4v) is 3.95. The van der Waals surface area contributed by atoms with Crippen molar-refractivity contribution in [2.75, 3.05) is 27.7 Å². The molecule has 0 aliphatic heterocycles. The van der Waals surface area contributed by atoms with Crippen molar-refractivity contribution >= 4 is 11.9 Å². The van der Waals surface area contributed by atoms with Gasteiger partial charge in [-0.1, -0.05) is 30.7 Å². The molecule has 2 aromatic rings. The van der Waals surface area contributed by atoms with Gasteiger partial charge in [0.25, 0.3) is 5.91 Å². The van der Waals surface area contributed by atoms with Crippen LogP contribution in [0.2, 0.25) is 0 Å². The minimum atomic E-state index is 0.0204. The largest absolute Gasteiger partial charge is 0.490 e. The Bertz CT molecular complexity index is 904. The standard InChI is InChI=1S/C26H36N4O2/c1-27-26(28-16-15-20-9-7-11-22(17-20)25(31)30(2)3)29-19-21-10-8-14-24(18-21)32-23-12-5-4-6-13-23/h7-11,14,17-18,23H,4-6,12-13,15-16,19H2,1-3H3,(H2,27,28,29). The van der Waals surface area contributed by atoms with Gasteiger partial charge >= 0.3 is 0 Å². The van der Waals surface area contributed by atoms with Crippen LogP contribution in [0.25, 0.3) is 0 Å². The molecule has 0 aromatic heterocycles. The Morgan fingerprint density at radius 1 is 1.03 bits per heavy atom. The number of rotatable bonds is 8. The van der Waals surface area contributed by atoms with Crippen molar-refractivity contribution in [3.05, 3.63) is 65.2 Å². The first kappa shape index (κ1) is 23.6. The number of aliphatic imine (C=N–C) groups is 1. The average molecular weight is 437 g/mol. The van der Waals surface area contributed by atoms with Crippen molar-refractivity contribution in [3.8, 4) is 5.75 Å². The summed E-state index contributed by atoms with van der Waals surface area (Å²) < 4.78 is 6.18. The molecule has 6 nitrogen and oxygen atoms in total. The molecule has 1 saturated carbocycles. The summed E-state index contributed by atoms with van der Waals surface area (Å²) in [5, 5.41) is 6.72. The third kappa shape index (κ3) is 7.29. The molecule has 6 heteroatoms. The smallest absolute Gasteiger partial charge is 0.253 e. The lowest BCUT2D eigenvalue weighted by Crippen LogP contribution is -2.37. The number of hydrogen-bond acceptors (Lipinski definition) is 3. The highest BCUT2D eigenvalue weighted by molar-refractivity contribution is 5.94. The fraction of sp³-hybridized carbons (Fsp3) is 0.462. The van der Waals surface area contributed by atoms with Crippen LogP contribution in [0.1, 0.15) is 53.6 Å². The van der Waals surface area contributed by atoms with Gasteiger partial charge in [0.05, 0.1) is 6.10 Å². The third-order valence-corrected chi connectivity index (χ3v) is 5.72. The molecule has 0 bridgehead atoms. The maximum absolute atomic E-state index is 12.2. The van der Waals surface area contributed by atoms with Crippen molar-refractivity contribution in [2.24, 2.45) is 4.99 Å². The molecule has 0 spiro atoms. The van der Waals surface area contributed by atoms with Gasteiger partial charge in [0.1, 0.15) is 5.75 Å². The number of ether oxygens (including phenoxy) is 1. The number of amides is 1. The molecule has 0 heterocycles. The summed E-state index contributed by atoms with van der Waals surface area (Å²) in [5.41, 5.74) is 3.00. The van der Waals surface area contributed by atoms with Crippen molar-refractivity contribution < 1.29 is 9.53 Å². The van der Waals surface area contributed by atoms with Gasteiger partial charge in [0.2, 0.25) is 0 Å². The number of carbonyl (C=O) groups is 1. The van der Waals surface area contributed by atoms with Crippen LogP contribution in [0.5, 0.6) is 5.75 Å². The number of guanidine groups is 1. The minimum absolute atomic E-state index is 0.0204. The molecule has 0 atom stereocenters. The van der Waals surface area contributed by atoms with Crippen LogP contribution < -0.4 is 15.4 Å². The number of nitrogens with one attached hydrogen (secondary N) is 2. The van der Waals surface area contributed by atoms with Crippen LogP contribution in [0.4, 0.5) is 0 Å². The predicted molar refractivity (Wildman–Crippen MR) is 130 cm³/mol. The molecule has 2 aromatic carbocycles. The normalized spacial score (nSPS) is 14.7. The monoisotopic (exact) mass is 436 g/mol. The average Bonchev–Trinajstić information content (AvgIpc) is 2.82. The Hall–Kier alpha value is -3.02. The lowest BCUT2D eigenvalue weighted by atomic mass is 9.98. The maximum Gasteiger partial charge on any atom is 0.253 e. The fourth-order valence-electron chi connectivity index (χ4n) is 3.95. The summed E-state index contributed by atoms with van der Waals surface area (Å²) >= 11 is 0. The molecule has 0 saturated heterocycles. The first-order valence-electron chi connectivity index (χ1n) is 11.6. The second-order valence-corrected chi connectivity index (χ2v) is 8.53. The summed E-state index contributed by atoms with van der Waals surface area (Å²) in [6, 6.07) is 16.1. The highest BCUT2D eigenvalue weighted by Gasteiger charge is 2.15. The predicted octanol–water partition coefficient (Wildman–Crippen LogP) is 4.01. The summed E-state index contributed by atoms with van der Waals surface area (Å²) in [7, 11) is 5.31. The Morgan fingerprint density at radius 2 is 1.78 bits per heavy atom. The van der Waals surface area contributed by atoms with E-state index in [0.29, 0.717) is 18.2 Å². The van der Waals surface area contributed by atoms with Crippen molar-refractivity contribution in [1.82, 2.24) is 15.5 Å². The van der Waals surface area contributed by atoms with Crippen molar-refractivity contribution in [2.45, 2.75) is 51.2 Å². The Kier molecular flexibility index (Phi) is 8.96. The highest BCUT2D eigenvalue weighted by atomic mass is 16.5. The molecule has 1 amide bonds. The van der Waals surface area contributed by atoms with Crippen LogP contribution in [-0.4, -0.2) is 50.6 Å².